The van der Waals surface area contributed by atoms with E-state index in [-0.39, 0.29) is 54.5 Å². The van der Waals surface area contributed by atoms with Gasteiger partial charge in [-0.2, -0.15) is 4.89 Å². The Morgan fingerprint density at radius 2 is 1.23 bits per heavy atom. The van der Waals surface area contributed by atoms with Crippen LogP contribution in [-0.4, -0.2) is 255 Å². The van der Waals surface area contributed by atoms with Crippen LogP contribution in [0.25, 0.3) is 0 Å². The van der Waals surface area contributed by atoms with Gasteiger partial charge in [-0.25, -0.2) is 4.89 Å². The van der Waals surface area contributed by atoms with Gasteiger partial charge in [-0.05, 0) is 136 Å². The number of methoxy groups -OCH3 is 6. The van der Waals surface area contributed by atoms with Crippen LogP contribution in [-0.2, 0) is 124 Å². The summed E-state index contributed by atoms with van der Waals surface area (Å²) in [4.78, 5) is 37.6. The second kappa shape index (κ2) is 31.1. The van der Waals surface area contributed by atoms with Crippen molar-refractivity contribution in [2.45, 2.75) is 337 Å². The molecule has 3 saturated carbocycles. The Bertz CT molecular complexity index is 2800. The molecule has 8 aliphatic heterocycles. The van der Waals surface area contributed by atoms with E-state index >= 15 is 0 Å². The first-order chi connectivity index (χ1) is 47.2. The van der Waals surface area contributed by atoms with Crippen LogP contribution in [0.2, 0.25) is 0 Å². The maximum atomic E-state index is 13.1. The van der Waals surface area contributed by atoms with Gasteiger partial charge in [-0.3, -0.25) is 14.3 Å². The Morgan fingerprint density at radius 1 is 0.636 bits per heavy atom. The molecular formula is C71H112O28. The van der Waals surface area contributed by atoms with Crippen molar-refractivity contribution < 1.29 is 134 Å². The van der Waals surface area contributed by atoms with Crippen LogP contribution in [0.5, 0.6) is 0 Å². The molecule has 10 fully saturated rings. The Morgan fingerprint density at radius 3 is 1.82 bits per heavy atom. The summed E-state index contributed by atoms with van der Waals surface area (Å²) in [7, 11) is 9.34. The lowest BCUT2D eigenvalue weighted by molar-refractivity contribution is -0.489. The number of carbonyl (C=O) groups excluding carboxylic acids is 2. The lowest BCUT2D eigenvalue weighted by Crippen LogP contribution is -2.62. The van der Waals surface area contributed by atoms with Gasteiger partial charge in [0, 0.05) is 73.6 Å². The van der Waals surface area contributed by atoms with Crippen molar-refractivity contribution in [3.05, 3.63) is 23.5 Å². The molecular weight excluding hydrogens is 1300 g/mol. The number of rotatable bonds is 20. The van der Waals surface area contributed by atoms with E-state index < -0.39 is 183 Å². The minimum atomic E-state index is -1.42. The first-order valence-corrected chi connectivity index (χ1v) is 36.1. The number of aliphatic hydroxyl groups excluding tert-OH is 1. The van der Waals surface area contributed by atoms with Crippen molar-refractivity contribution in [1.82, 2.24) is 0 Å². The van der Waals surface area contributed by atoms with Gasteiger partial charge in [0.1, 0.15) is 43.2 Å². The van der Waals surface area contributed by atoms with E-state index in [1.165, 1.54) is 26.7 Å². The van der Waals surface area contributed by atoms with Gasteiger partial charge in [-0.15, -0.1) is 0 Å². The second-order valence-electron chi connectivity index (χ2n) is 30.3. The third-order valence-corrected chi connectivity index (χ3v) is 24.4. The van der Waals surface area contributed by atoms with Gasteiger partial charge in [0.05, 0.1) is 92.1 Å². The molecule has 0 bridgehead atoms. The molecule has 28 nitrogen and oxygen atoms in total. The zero-order valence-corrected chi connectivity index (χ0v) is 60.8. The molecule has 2 N–H and O–H groups in total. The molecule has 0 aromatic heterocycles. The monoisotopic (exact) mass is 1410 g/mol. The summed E-state index contributed by atoms with van der Waals surface area (Å²) in [6.45, 7) is 19.5. The van der Waals surface area contributed by atoms with E-state index in [2.05, 4.69) is 19.9 Å². The highest BCUT2D eigenvalue weighted by Crippen LogP contribution is 2.68. The highest BCUT2D eigenvalue weighted by molar-refractivity contribution is 5.96. The second-order valence-corrected chi connectivity index (χ2v) is 30.3. The number of hydrogen-bond donors (Lipinski definition) is 2. The molecule has 0 amide bonds. The topological polar surface area (TPSA) is 296 Å². The smallest absolute Gasteiger partial charge is 0.303 e. The summed E-state index contributed by atoms with van der Waals surface area (Å²) in [5, 5.41) is 23.8. The fourth-order valence-electron chi connectivity index (χ4n) is 18.9. The van der Waals surface area contributed by atoms with Crippen LogP contribution in [0.4, 0.5) is 0 Å². The van der Waals surface area contributed by atoms with E-state index in [4.69, 9.17) is 114 Å². The highest BCUT2D eigenvalue weighted by atomic mass is 17.2. The van der Waals surface area contributed by atoms with Crippen LogP contribution in [0, 0.1) is 28.6 Å². The fraction of sp³-hybridized carbons (Fsp3) is 0.915. The highest BCUT2D eigenvalue weighted by Gasteiger charge is 2.67. The zero-order valence-electron chi connectivity index (χ0n) is 60.8. The fourth-order valence-corrected chi connectivity index (χ4v) is 18.9. The molecule has 35 atom stereocenters. The average Bonchev–Trinajstić information content (AvgIpc) is 1.62. The lowest BCUT2D eigenvalue weighted by Gasteiger charge is -2.59. The van der Waals surface area contributed by atoms with Crippen molar-refractivity contribution in [3.8, 4) is 0 Å². The Kier molecular flexibility index (Phi) is 23.9. The summed E-state index contributed by atoms with van der Waals surface area (Å²) < 4.78 is 138. The van der Waals surface area contributed by atoms with Crippen molar-refractivity contribution in [1.29, 1.82) is 0 Å². The summed E-state index contributed by atoms with van der Waals surface area (Å²) >= 11 is 0. The number of carbonyl (C=O) groups is 2. The molecule has 4 aliphatic carbocycles. The molecule has 8 heterocycles. The Balaban J connectivity index is 0.606. The molecule has 0 radical (unpaired) electrons. The molecule has 0 aromatic carbocycles. The third-order valence-electron chi connectivity index (χ3n) is 24.4. The van der Waals surface area contributed by atoms with E-state index in [1.54, 1.807) is 41.4 Å². The molecule has 99 heavy (non-hydrogen) atoms. The molecule has 7 saturated heterocycles. The summed E-state index contributed by atoms with van der Waals surface area (Å²) in [5.74, 6) is -0.869. The van der Waals surface area contributed by atoms with Gasteiger partial charge in [0.15, 0.2) is 49.4 Å². The van der Waals surface area contributed by atoms with Gasteiger partial charge in [0.25, 0.3) is 12.3 Å². The standard InChI is InChI=1S/C71H112O28/c1-33-26-47(76-12)56(74)64(83-33)91-43-20-23-68(10)42(27-43)18-19-44-45(68)21-24-69(11)46(44)22-25-71(69,75)40(8)89-67-88-38(6)61-65(96-67)82-32-70(99-98-61)31-51(80-16)60(39(7)97-70)94-54-29-49(78-14)58(36(4)85-54)92-52-28-48(77-13)57(35(3)84-52)93-53-30-50(79-15)59(37(5)86-53)95-66-63(90-41(9)72)62(81-17)55(73)34(2)87-66/h18,26,33-40,43-46,48-55,57-67,73,75H,19-25,27-32H2,1-17H3. The maximum absolute atomic E-state index is 13.1. The Hall–Kier alpha value is -2.54. The molecule has 28 heteroatoms. The number of fused-ring (bicyclic) bond motifs is 6. The van der Waals surface area contributed by atoms with Gasteiger partial charge >= 0.3 is 5.97 Å². The summed E-state index contributed by atoms with van der Waals surface area (Å²) in [6.07, 6.45) is -6.26. The van der Waals surface area contributed by atoms with Crippen LogP contribution in [0.15, 0.2) is 23.5 Å². The molecule has 12 aliphatic rings. The van der Waals surface area contributed by atoms with Crippen LogP contribution < -0.4 is 0 Å². The third kappa shape index (κ3) is 15.0. The lowest BCUT2D eigenvalue weighted by atomic mass is 9.46. The summed E-state index contributed by atoms with van der Waals surface area (Å²) in [6, 6.07) is 0. The molecule has 1 spiro atoms. The average molecular weight is 1410 g/mol. The first kappa shape index (κ1) is 76.1. The van der Waals surface area contributed by atoms with E-state index in [1.807, 2.05) is 48.5 Å². The van der Waals surface area contributed by atoms with Gasteiger partial charge in [0.2, 0.25) is 12.1 Å². The number of aliphatic hydroxyl groups is 2. The SMILES string of the molecule is COC1=CC(C)OC(OC2CCC3(C)C(=CCC4C3CCC3(C)C4CCC3(O)C(C)OC3OC(C)C4OOC5(COC4O3)CC(OC)C(OC3CC(OC)C(OC4CC(OC)C(OC6CC(OC)C(OC7OC(C)C(O)C(OC)C7OC(C)=O)C(C)O6)C(C)O4)C(C)O3)C(C)O5)C2)C1=O. The van der Waals surface area contributed by atoms with Crippen molar-refractivity contribution in [2.24, 2.45) is 28.6 Å². The van der Waals surface area contributed by atoms with Crippen molar-refractivity contribution in [3.63, 3.8) is 0 Å². The number of Topliss-reactive ketones (excluding diaryl/α,β-unsaturated/α-hetero) is 1. The number of ether oxygens (including phenoxy) is 22. The largest absolute Gasteiger partial charge is 0.493 e. The molecule has 12 rings (SSSR count). The predicted molar refractivity (Wildman–Crippen MR) is 342 cm³/mol. The van der Waals surface area contributed by atoms with Gasteiger partial charge in [-0.1, -0.05) is 25.5 Å². The van der Waals surface area contributed by atoms with Crippen LogP contribution >= 0.6 is 0 Å². The van der Waals surface area contributed by atoms with Crippen molar-refractivity contribution in [2.75, 3.05) is 49.3 Å². The zero-order chi connectivity index (χ0) is 70.8. The van der Waals surface area contributed by atoms with Gasteiger partial charge < -0.3 is 110 Å². The molecule has 564 valence electrons. The number of hydrogen-bond acceptors (Lipinski definition) is 28. The van der Waals surface area contributed by atoms with E-state index in [0.29, 0.717) is 31.1 Å². The number of esters is 1. The molecule has 35 unspecified atom stereocenters. The summed E-state index contributed by atoms with van der Waals surface area (Å²) in [5.41, 5.74) is -0.187. The number of ketones is 1. The van der Waals surface area contributed by atoms with E-state index in [9.17, 15) is 19.8 Å². The quantitative estimate of drug-likeness (QED) is 0.0771. The Labute approximate surface area is 581 Å². The first-order valence-electron chi connectivity index (χ1n) is 36.1. The normalized spacial score (nSPS) is 50.6. The van der Waals surface area contributed by atoms with E-state index in [0.717, 1.165) is 44.9 Å². The minimum absolute atomic E-state index is 0.00573. The van der Waals surface area contributed by atoms with Crippen LogP contribution in [0.3, 0.4) is 0 Å². The molecule has 0 aromatic rings. The minimum Gasteiger partial charge on any atom is -0.493 e. The number of allylic oxidation sites excluding steroid dienone is 1. The predicted octanol–water partition coefficient (Wildman–Crippen LogP) is 6.27. The maximum Gasteiger partial charge on any atom is 0.303 e. The van der Waals surface area contributed by atoms with Crippen molar-refractivity contribution >= 4 is 11.8 Å². The van der Waals surface area contributed by atoms with Crippen LogP contribution in [0.1, 0.15) is 153 Å².